The van der Waals surface area contributed by atoms with Crippen molar-refractivity contribution >= 4 is 55.9 Å². The van der Waals surface area contributed by atoms with Gasteiger partial charge in [-0.2, -0.15) is 0 Å². The Kier molecular flexibility index (Phi) is 4.24. The van der Waals surface area contributed by atoms with E-state index in [1.165, 1.54) is 0 Å². The number of anilines is 1. The minimum Gasteiger partial charge on any atom is -0.380 e. The van der Waals surface area contributed by atoms with Crippen molar-refractivity contribution in [3.8, 4) is 22.5 Å². The number of nitrogen functional groups attached to an aromatic ring is 1. The highest BCUT2D eigenvalue weighted by atomic mass is 127. The molecule has 0 amide bonds. The summed E-state index contributed by atoms with van der Waals surface area (Å²) in [5.74, 6) is 0.971. The lowest BCUT2D eigenvalue weighted by molar-refractivity contribution is 0.436. The van der Waals surface area contributed by atoms with E-state index in [4.69, 9.17) is 21.9 Å². The van der Waals surface area contributed by atoms with Crippen molar-refractivity contribution in [2.24, 2.45) is 0 Å². The van der Waals surface area contributed by atoms with Gasteiger partial charge in [0.15, 0.2) is 11.6 Å². The quantitative estimate of drug-likeness (QED) is 0.490. The third kappa shape index (κ3) is 2.95. The summed E-state index contributed by atoms with van der Waals surface area (Å²) in [6, 6.07) is 13.5. The zero-order chi connectivity index (χ0) is 15.0. The van der Waals surface area contributed by atoms with Crippen LogP contribution in [0.1, 0.15) is 0 Å². The Morgan fingerprint density at radius 2 is 2.00 bits per heavy atom. The Hall–Kier alpha value is -1.05. The zero-order valence-corrected chi connectivity index (χ0v) is 15.1. The van der Waals surface area contributed by atoms with E-state index < -0.39 is 0 Å². The molecule has 6 heteroatoms. The second-order valence-corrected chi connectivity index (χ2v) is 6.94. The zero-order valence-electron chi connectivity index (χ0n) is 10.6. The lowest BCUT2D eigenvalue weighted by Gasteiger charge is -2.06. The van der Waals surface area contributed by atoms with Crippen molar-refractivity contribution in [2.75, 3.05) is 5.73 Å². The van der Waals surface area contributed by atoms with Crippen molar-refractivity contribution in [2.45, 2.75) is 0 Å². The average molecular weight is 476 g/mol. The van der Waals surface area contributed by atoms with Crippen LogP contribution in [0.4, 0.5) is 5.82 Å². The molecule has 2 aromatic carbocycles. The molecule has 2 N–H and O–H groups in total. The molecule has 0 aliphatic rings. The second-order valence-electron chi connectivity index (χ2n) is 4.41. The maximum atomic E-state index is 6.07. The molecule has 0 aliphatic carbocycles. The van der Waals surface area contributed by atoms with Crippen molar-refractivity contribution in [3.05, 3.63) is 55.5 Å². The third-order valence-electron chi connectivity index (χ3n) is 3.00. The van der Waals surface area contributed by atoms with Crippen LogP contribution in [0.2, 0.25) is 5.02 Å². The van der Waals surface area contributed by atoms with Gasteiger partial charge in [-0.25, -0.2) is 0 Å². The maximum absolute atomic E-state index is 6.07. The van der Waals surface area contributed by atoms with Gasteiger partial charge in [0.05, 0.1) is 5.56 Å². The largest absolute Gasteiger partial charge is 0.380 e. The number of halogens is 3. The first-order chi connectivity index (χ1) is 10.1. The Morgan fingerprint density at radius 1 is 1.19 bits per heavy atom. The van der Waals surface area contributed by atoms with E-state index in [0.29, 0.717) is 16.6 Å². The Balaban J connectivity index is 2.24. The van der Waals surface area contributed by atoms with Crippen LogP contribution in [0.15, 0.2) is 51.5 Å². The number of nitrogens with two attached hydrogens (primary N) is 1. The summed E-state index contributed by atoms with van der Waals surface area (Å²) < 4.78 is 7.47. The van der Waals surface area contributed by atoms with E-state index >= 15 is 0 Å². The minimum atomic E-state index is 0.345. The number of hydrogen-bond donors (Lipinski definition) is 1. The first-order valence-electron chi connectivity index (χ1n) is 6.03. The summed E-state index contributed by atoms with van der Waals surface area (Å²) in [5, 5.41) is 4.55. The molecule has 0 fully saturated rings. The first kappa shape index (κ1) is 14.9. The van der Waals surface area contributed by atoms with E-state index in [1.807, 2.05) is 42.5 Å². The molecule has 1 heterocycles. The molecule has 106 valence electrons. The van der Waals surface area contributed by atoms with Crippen LogP contribution in [0.25, 0.3) is 22.5 Å². The predicted octanol–water partition coefficient (Wildman–Crippen LogP) is 5.61. The van der Waals surface area contributed by atoms with Crippen molar-refractivity contribution in [3.63, 3.8) is 0 Å². The van der Waals surface area contributed by atoms with Crippen molar-refractivity contribution in [1.82, 2.24) is 5.16 Å². The van der Waals surface area contributed by atoms with Gasteiger partial charge in [-0.1, -0.05) is 44.8 Å². The van der Waals surface area contributed by atoms with E-state index in [1.54, 1.807) is 0 Å². The highest BCUT2D eigenvalue weighted by Crippen LogP contribution is 2.40. The molecule has 21 heavy (non-hydrogen) atoms. The fourth-order valence-corrected chi connectivity index (χ4v) is 3.19. The number of nitrogens with zero attached hydrogens (tertiary/aromatic N) is 1. The predicted molar refractivity (Wildman–Crippen MR) is 97.2 cm³/mol. The van der Waals surface area contributed by atoms with Crippen LogP contribution >= 0.6 is 50.1 Å². The van der Waals surface area contributed by atoms with Crippen molar-refractivity contribution < 1.29 is 4.52 Å². The SMILES string of the molecule is Nc1noc(-c2cc(I)ccc2Br)c1-c1cccc(Cl)c1. The summed E-state index contributed by atoms with van der Waals surface area (Å²) >= 11 is 11.9. The summed E-state index contributed by atoms with van der Waals surface area (Å²) in [6.07, 6.45) is 0. The van der Waals surface area contributed by atoms with Crippen LogP contribution in [-0.4, -0.2) is 5.16 Å². The molecule has 3 nitrogen and oxygen atoms in total. The molecule has 3 rings (SSSR count). The molecule has 0 atom stereocenters. The van der Waals surface area contributed by atoms with E-state index in [-0.39, 0.29) is 0 Å². The molecule has 0 spiro atoms. The van der Waals surface area contributed by atoms with Gasteiger partial charge in [-0.05, 0) is 58.5 Å². The standard InChI is InChI=1S/C15H9BrClIN2O/c16-12-5-4-10(18)7-11(12)14-13(15(19)20-21-14)8-2-1-3-9(17)6-8/h1-7H,(H2,19,20). The lowest BCUT2D eigenvalue weighted by atomic mass is 10.0. The number of aromatic nitrogens is 1. The molecule has 3 aromatic rings. The first-order valence-corrected chi connectivity index (χ1v) is 8.28. The fraction of sp³-hybridized carbons (Fsp3) is 0. The molecule has 0 bridgehead atoms. The summed E-state index contributed by atoms with van der Waals surface area (Å²) in [7, 11) is 0. The van der Waals surface area contributed by atoms with Gasteiger partial charge in [-0.15, -0.1) is 0 Å². The summed E-state index contributed by atoms with van der Waals surface area (Å²) in [4.78, 5) is 0. The summed E-state index contributed by atoms with van der Waals surface area (Å²) in [6.45, 7) is 0. The van der Waals surface area contributed by atoms with E-state index in [9.17, 15) is 0 Å². The fourth-order valence-electron chi connectivity index (χ4n) is 2.08. The average Bonchev–Trinajstić information content (AvgIpc) is 2.83. The monoisotopic (exact) mass is 474 g/mol. The molecular formula is C15H9BrClIN2O. The molecule has 0 saturated heterocycles. The van der Waals surface area contributed by atoms with Crippen LogP contribution < -0.4 is 5.73 Å². The molecule has 1 aromatic heterocycles. The van der Waals surface area contributed by atoms with Gasteiger partial charge in [-0.3, -0.25) is 0 Å². The van der Waals surface area contributed by atoms with Gasteiger partial charge in [0.2, 0.25) is 0 Å². The topological polar surface area (TPSA) is 52.0 Å². The lowest BCUT2D eigenvalue weighted by Crippen LogP contribution is -1.89. The third-order valence-corrected chi connectivity index (χ3v) is 4.60. The molecule has 0 aliphatic heterocycles. The van der Waals surface area contributed by atoms with Gasteiger partial charge in [0.25, 0.3) is 0 Å². The van der Waals surface area contributed by atoms with Crippen LogP contribution in [0.3, 0.4) is 0 Å². The molecular weight excluding hydrogens is 466 g/mol. The molecule has 0 unspecified atom stereocenters. The van der Waals surface area contributed by atoms with E-state index in [2.05, 4.69) is 43.7 Å². The smallest absolute Gasteiger partial charge is 0.178 e. The van der Waals surface area contributed by atoms with Crippen LogP contribution in [0, 0.1) is 3.57 Å². The Morgan fingerprint density at radius 3 is 2.76 bits per heavy atom. The molecule has 0 radical (unpaired) electrons. The number of rotatable bonds is 2. The van der Waals surface area contributed by atoms with Gasteiger partial charge < -0.3 is 10.3 Å². The second kappa shape index (κ2) is 5.98. The Labute approximate surface area is 148 Å². The number of benzene rings is 2. The normalized spacial score (nSPS) is 10.8. The van der Waals surface area contributed by atoms with E-state index in [0.717, 1.165) is 24.7 Å². The minimum absolute atomic E-state index is 0.345. The van der Waals surface area contributed by atoms with Gasteiger partial charge in [0.1, 0.15) is 0 Å². The summed E-state index contributed by atoms with van der Waals surface area (Å²) in [5.41, 5.74) is 8.51. The van der Waals surface area contributed by atoms with Gasteiger partial charge in [0, 0.05) is 18.6 Å². The highest BCUT2D eigenvalue weighted by molar-refractivity contribution is 14.1. The number of hydrogen-bond acceptors (Lipinski definition) is 3. The van der Waals surface area contributed by atoms with Gasteiger partial charge >= 0.3 is 0 Å². The Bertz CT molecular complexity index is 819. The van der Waals surface area contributed by atoms with Crippen LogP contribution in [0.5, 0.6) is 0 Å². The van der Waals surface area contributed by atoms with Crippen LogP contribution in [-0.2, 0) is 0 Å². The maximum Gasteiger partial charge on any atom is 0.178 e. The highest BCUT2D eigenvalue weighted by Gasteiger charge is 2.20. The van der Waals surface area contributed by atoms with Crippen molar-refractivity contribution in [1.29, 1.82) is 0 Å². The molecule has 0 saturated carbocycles.